The molecule has 0 aliphatic heterocycles. The molecule has 1 amide bonds. The Hall–Kier alpha value is -2.66. The van der Waals surface area contributed by atoms with Gasteiger partial charge in [0.05, 0.1) is 11.4 Å². The van der Waals surface area contributed by atoms with Crippen molar-refractivity contribution in [2.75, 3.05) is 5.32 Å². The average Bonchev–Trinajstić information content (AvgIpc) is 2.99. The average molecular weight is 327 g/mol. The molecule has 0 spiro atoms. The third-order valence-electron chi connectivity index (χ3n) is 3.40. The van der Waals surface area contributed by atoms with Gasteiger partial charge in [-0.15, -0.1) is 5.10 Å². The molecular weight excluding hydrogens is 312 g/mol. The van der Waals surface area contributed by atoms with E-state index in [1.54, 1.807) is 28.9 Å². The summed E-state index contributed by atoms with van der Waals surface area (Å²) >= 11 is 5.93. The van der Waals surface area contributed by atoms with Gasteiger partial charge in [0.15, 0.2) is 5.69 Å². The second kappa shape index (κ2) is 6.62. The van der Waals surface area contributed by atoms with E-state index in [-0.39, 0.29) is 5.91 Å². The molecule has 0 saturated carbocycles. The second-order valence-corrected chi connectivity index (χ2v) is 5.39. The third kappa shape index (κ3) is 3.24. The van der Waals surface area contributed by atoms with Gasteiger partial charge in [0.1, 0.15) is 0 Å². The predicted octanol–water partition coefficient (Wildman–Crippen LogP) is 3.74. The highest BCUT2D eigenvalue weighted by atomic mass is 35.5. The maximum Gasteiger partial charge on any atom is 0.278 e. The smallest absolute Gasteiger partial charge is 0.278 e. The normalized spacial score (nSPS) is 10.5. The van der Waals surface area contributed by atoms with Crippen LogP contribution in [0.5, 0.6) is 0 Å². The molecule has 0 fully saturated rings. The Bertz CT molecular complexity index is 830. The lowest BCUT2D eigenvalue weighted by Gasteiger charge is -2.07. The first-order chi connectivity index (χ1) is 11.2. The second-order valence-electron chi connectivity index (χ2n) is 4.95. The van der Waals surface area contributed by atoms with E-state index >= 15 is 0 Å². The Balaban J connectivity index is 1.91. The molecule has 1 aromatic heterocycles. The maximum absolute atomic E-state index is 12.5. The summed E-state index contributed by atoms with van der Waals surface area (Å²) in [7, 11) is 0. The summed E-state index contributed by atoms with van der Waals surface area (Å²) in [4.78, 5) is 12.5. The zero-order valence-corrected chi connectivity index (χ0v) is 13.3. The van der Waals surface area contributed by atoms with E-state index < -0.39 is 0 Å². The van der Waals surface area contributed by atoms with Crippen LogP contribution in [-0.4, -0.2) is 20.9 Å². The van der Waals surface area contributed by atoms with E-state index in [4.69, 9.17) is 11.6 Å². The Morgan fingerprint density at radius 2 is 1.96 bits per heavy atom. The van der Waals surface area contributed by atoms with Crippen molar-refractivity contribution in [1.82, 2.24) is 15.0 Å². The molecule has 23 heavy (non-hydrogen) atoms. The molecular formula is C17H15ClN4O. The van der Waals surface area contributed by atoms with E-state index in [1.807, 2.05) is 37.3 Å². The monoisotopic (exact) mass is 326 g/mol. The molecule has 0 aliphatic rings. The predicted molar refractivity (Wildman–Crippen MR) is 90.1 cm³/mol. The minimum Gasteiger partial charge on any atom is -0.320 e. The van der Waals surface area contributed by atoms with Crippen LogP contribution in [0.1, 0.15) is 23.1 Å². The van der Waals surface area contributed by atoms with Crippen LogP contribution < -0.4 is 5.32 Å². The standard InChI is InChI=1S/C17H15ClN4O/c1-2-15-16(17(23)19-13-8-6-7-12(18)11-13)20-21-22(15)14-9-4-3-5-10-14/h3-11H,2H2,1H3,(H,19,23). The zero-order valence-electron chi connectivity index (χ0n) is 12.5. The Morgan fingerprint density at radius 1 is 1.17 bits per heavy atom. The van der Waals surface area contributed by atoms with E-state index in [0.29, 0.717) is 22.8 Å². The summed E-state index contributed by atoms with van der Waals surface area (Å²) < 4.78 is 1.69. The number of amides is 1. The van der Waals surface area contributed by atoms with E-state index in [9.17, 15) is 4.79 Å². The minimum absolute atomic E-state index is 0.300. The zero-order chi connectivity index (χ0) is 16.2. The number of hydrogen-bond donors (Lipinski definition) is 1. The molecule has 3 aromatic rings. The Labute approximate surface area is 138 Å². The molecule has 0 unspecified atom stereocenters. The number of nitrogens with one attached hydrogen (secondary N) is 1. The lowest BCUT2D eigenvalue weighted by Crippen LogP contribution is -2.15. The molecule has 2 aromatic carbocycles. The number of hydrogen-bond acceptors (Lipinski definition) is 3. The first-order valence-corrected chi connectivity index (χ1v) is 7.63. The molecule has 0 atom stereocenters. The lowest BCUT2D eigenvalue weighted by atomic mass is 10.2. The van der Waals surface area contributed by atoms with E-state index in [1.165, 1.54) is 0 Å². The molecule has 5 nitrogen and oxygen atoms in total. The fourth-order valence-electron chi connectivity index (χ4n) is 2.33. The van der Waals surface area contributed by atoms with E-state index in [0.717, 1.165) is 11.4 Å². The van der Waals surface area contributed by atoms with Gasteiger partial charge in [0.25, 0.3) is 5.91 Å². The van der Waals surface area contributed by atoms with Gasteiger partial charge in [-0.3, -0.25) is 4.79 Å². The summed E-state index contributed by atoms with van der Waals surface area (Å²) in [6.45, 7) is 1.97. The SMILES string of the molecule is CCc1c(C(=O)Nc2cccc(Cl)c2)nnn1-c1ccccc1. The fraction of sp³-hybridized carbons (Fsp3) is 0.118. The van der Waals surface area contributed by atoms with E-state index in [2.05, 4.69) is 15.6 Å². The number of halogens is 1. The van der Waals surface area contributed by atoms with Crippen LogP contribution in [0.2, 0.25) is 5.02 Å². The van der Waals surface area contributed by atoms with Crippen LogP contribution in [0.15, 0.2) is 54.6 Å². The van der Waals surface area contributed by atoms with Gasteiger partial charge in [-0.25, -0.2) is 4.68 Å². The third-order valence-corrected chi connectivity index (χ3v) is 3.63. The van der Waals surface area contributed by atoms with Gasteiger partial charge in [-0.1, -0.05) is 48.0 Å². The quantitative estimate of drug-likeness (QED) is 0.794. The largest absolute Gasteiger partial charge is 0.320 e. The number of para-hydroxylation sites is 1. The number of nitrogens with zero attached hydrogens (tertiary/aromatic N) is 3. The first-order valence-electron chi connectivity index (χ1n) is 7.26. The van der Waals surface area contributed by atoms with Crippen molar-refractivity contribution in [3.8, 4) is 5.69 Å². The molecule has 6 heteroatoms. The number of carbonyl (C=O) groups excluding carboxylic acids is 1. The van der Waals surface area contributed by atoms with Crippen molar-refractivity contribution >= 4 is 23.2 Å². The fourth-order valence-corrected chi connectivity index (χ4v) is 2.52. The summed E-state index contributed by atoms with van der Waals surface area (Å²) in [5.74, 6) is -0.300. The van der Waals surface area contributed by atoms with Crippen LogP contribution in [0, 0.1) is 0 Å². The van der Waals surface area contributed by atoms with Crippen molar-refractivity contribution in [3.05, 3.63) is 71.0 Å². The van der Waals surface area contributed by atoms with Crippen LogP contribution in [0.4, 0.5) is 5.69 Å². The number of aromatic nitrogens is 3. The van der Waals surface area contributed by atoms with Crippen LogP contribution in [0.3, 0.4) is 0 Å². The lowest BCUT2D eigenvalue weighted by molar-refractivity contribution is 0.102. The Kier molecular flexibility index (Phi) is 4.39. The first kappa shape index (κ1) is 15.2. The molecule has 0 bridgehead atoms. The number of benzene rings is 2. The minimum atomic E-state index is -0.300. The van der Waals surface area contributed by atoms with Gasteiger partial charge in [0.2, 0.25) is 0 Å². The molecule has 3 rings (SSSR count). The maximum atomic E-state index is 12.5. The highest BCUT2D eigenvalue weighted by Gasteiger charge is 2.19. The number of carbonyl (C=O) groups is 1. The van der Waals surface area contributed by atoms with Crippen LogP contribution in [0.25, 0.3) is 5.69 Å². The van der Waals surface area contributed by atoms with Crippen molar-refractivity contribution in [2.45, 2.75) is 13.3 Å². The summed E-state index contributed by atoms with van der Waals surface area (Å²) in [5, 5.41) is 11.5. The van der Waals surface area contributed by atoms with Gasteiger partial charge < -0.3 is 5.32 Å². The Morgan fingerprint density at radius 3 is 2.65 bits per heavy atom. The van der Waals surface area contributed by atoms with Gasteiger partial charge >= 0.3 is 0 Å². The summed E-state index contributed by atoms with van der Waals surface area (Å²) in [6.07, 6.45) is 0.639. The number of rotatable bonds is 4. The molecule has 0 aliphatic carbocycles. The van der Waals surface area contributed by atoms with Gasteiger partial charge in [-0.05, 0) is 36.8 Å². The summed E-state index contributed by atoms with van der Waals surface area (Å²) in [5.41, 5.74) is 2.57. The topological polar surface area (TPSA) is 59.8 Å². The molecule has 0 radical (unpaired) electrons. The van der Waals surface area contributed by atoms with Crippen LogP contribution >= 0.6 is 11.6 Å². The molecule has 1 heterocycles. The highest BCUT2D eigenvalue weighted by Crippen LogP contribution is 2.18. The van der Waals surface area contributed by atoms with Crippen molar-refractivity contribution in [3.63, 3.8) is 0 Å². The van der Waals surface area contributed by atoms with Crippen molar-refractivity contribution in [1.29, 1.82) is 0 Å². The van der Waals surface area contributed by atoms with Gasteiger partial charge in [0, 0.05) is 10.7 Å². The van der Waals surface area contributed by atoms with Crippen LogP contribution in [-0.2, 0) is 6.42 Å². The van der Waals surface area contributed by atoms with Crippen molar-refractivity contribution in [2.24, 2.45) is 0 Å². The highest BCUT2D eigenvalue weighted by molar-refractivity contribution is 6.30. The number of anilines is 1. The summed E-state index contributed by atoms with van der Waals surface area (Å²) in [6, 6.07) is 16.6. The molecule has 116 valence electrons. The van der Waals surface area contributed by atoms with Gasteiger partial charge in [-0.2, -0.15) is 0 Å². The van der Waals surface area contributed by atoms with Crippen molar-refractivity contribution < 1.29 is 4.79 Å². The molecule has 1 N–H and O–H groups in total. The molecule has 0 saturated heterocycles.